The zero-order valence-corrected chi connectivity index (χ0v) is 14.3. The van der Waals surface area contributed by atoms with Gasteiger partial charge < -0.3 is 5.32 Å². The van der Waals surface area contributed by atoms with E-state index in [4.69, 9.17) is 0 Å². The number of rotatable bonds is 11. The minimum Gasteiger partial charge on any atom is -0.383 e. The Morgan fingerprint density at radius 2 is 1.52 bits per heavy atom. The first-order chi connectivity index (χ1) is 11.4. The third-order valence-corrected chi connectivity index (χ3v) is 4.06. The molecule has 0 aliphatic carbocycles. The summed E-state index contributed by atoms with van der Waals surface area (Å²) in [6, 6.07) is 9.99. The lowest BCUT2D eigenvalue weighted by Crippen LogP contribution is -2.04. The van der Waals surface area contributed by atoms with Crippen LogP contribution in [0.15, 0.2) is 42.7 Å². The number of aromatic nitrogens is 2. The minimum absolute atomic E-state index is 0.923. The molecule has 23 heavy (non-hydrogen) atoms. The zero-order chi connectivity index (χ0) is 16.2. The van der Waals surface area contributed by atoms with Crippen molar-refractivity contribution in [2.75, 3.05) is 11.9 Å². The van der Waals surface area contributed by atoms with E-state index >= 15 is 0 Å². The van der Waals surface area contributed by atoms with Gasteiger partial charge in [-0.1, -0.05) is 57.9 Å². The number of hydrogen-bond acceptors (Lipinski definition) is 3. The average molecular weight is 311 g/mol. The minimum atomic E-state index is 0.923. The highest BCUT2D eigenvalue weighted by molar-refractivity contribution is 5.71. The van der Waals surface area contributed by atoms with Gasteiger partial charge in [0.2, 0.25) is 0 Å². The van der Waals surface area contributed by atoms with Crippen LogP contribution >= 0.6 is 0 Å². The van der Waals surface area contributed by atoms with Crippen molar-refractivity contribution < 1.29 is 0 Å². The van der Waals surface area contributed by atoms with Gasteiger partial charge in [-0.15, -0.1) is 0 Å². The van der Waals surface area contributed by atoms with Crippen molar-refractivity contribution in [1.29, 1.82) is 0 Å². The number of nitrogens with one attached hydrogen (secondary N) is 1. The molecule has 3 heteroatoms. The maximum absolute atomic E-state index is 4.48. The molecule has 3 nitrogen and oxygen atoms in total. The largest absolute Gasteiger partial charge is 0.383 e. The van der Waals surface area contributed by atoms with Crippen molar-refractivity contribution >= 4 is 5.69 Å². The van der Waals surface area contributed by atoms with Crippen LogP contribution in [0, 0.1) is 0 Å². The van der Waals surface area contributed by atoms with Crippen LogP contribution in [-0.4, -0.2) is 16.5 Å². The Labute approximate surface area is 140 Å². The van der Waals surface area contributed by atoms with Crippen LogP contribution in [0.2, 0.25) is 0 Å². The highest BCUT2D eigenvalue weighted by Crippen LogP contribution is 2.23. The summed E-state index contributed by atoms with van der Waals surface area (Å²) in [5.74, 6) is 0. The second-order valence-corrected chi connectivity index (χ2v) is 6.02. The van der Waals surface area contributed by atoms with E-state index in [1.54, 1.807) is 0 Å². The lowest BCUT2D eigenvalue weighted by Gasteiger charge is -2.10. The molecule has 0 unspecified atom stereocenters. The van der Waals surface area contributed by atoms with E-state index in [1.807, 2.05) is 36.7 Å². The summed E-state index contributed by atoms with van der Waals surface area (Å²) in [4.78, 5) is 8.88. The van der Waals surface area contributed by atoms with Crippen molar-refractivity contribution in [2.45, 2.75) is 58.3 Å². The third-order valence-electron chi connectivity index (χ3n) is 4.06. The molecular formula is C20H29N3. The van der Waals surface area contributed by atoms with Gasteiger partial charge >= 0.3 is 0 Å². The first-order valence-corrected chi connectivity index (χ1v) is 9.02. The molecule has 2 heterocycles. The molecule has 0 spiro atoms. The number of anilines is 1. The van der Waals surface area contributed by atoms with E-state index in [-0.39, 0.29) is 0 Å². The number of unbranched alkanes of at least 4 members (excludes halogenated alkanes) is 7. The fraction of sp³-hybridized carbons (Fsp3) is 0.500. The fourth-order valence-electron chi connectivity index (χ4n) is 2.74. The van der Waals surface area contributed by atoms with Crippen molar-refractivity contribution in [3.05, 3.63) is 42.7 Å². The van der Waals surface area contributed by atoms with E-state index in [1.165, 1.54) is 51.4 Å². The molecule has 0 saturated heterocycles. The molecule has 0 radical (unpaired) electrons. The Hall–Kier alpha value is -1.90. The standard InChI is InChI=1S/C20H29N3/c1-2-3-4-5-6-7-8-10-15-21-19-14-12-17-23-20(19)18-13-9-11-16-22-18/h9,11-14,16-17,21H,2-8,10,15H2,1H3. The highest BCUT2D eigenvalue weighted by atomic mass is 14.9. The van der Waals surface area contributed by atoms with Crippen molar-refractivity contribution in [3.8, 4) is 11.4 Å². The van der Waals surface area contributed by atoms with E-state index in [9.17, 15) is 0 Å². The molecule has 0 fully saturated rings. The highest BCUT2D eigenvalue weighted by Gasteiger charge is 2.06. The summed E-state index contributed by atoms with van der Waals surface area (Å²) in [6.45, 7) is 3.27. The van der Waals surface area contributed by atoms with Gasteiger partial charge in [0.25, 0.3) is 0 Å². The predicted octanol–water partition coefficient (Wildman–Crippen LogP) is 5.70. The molecule has 0 aromatic carbocycles. The van der Waals surface area contributed by atoms with Gasteiger partial charge in [0, 0.05) is 18.9 Å². The van der Waals surface area contributed by atoms with Crippen molar-refractivity contribution in [1.82, 2.24) is 9.97 Å². The Morgan fingerprint density at radius 3 is 2.26 bits per heavy atom. The molecule has 2 rings (SSSR count). The SMILES string of the molecule is CCCCCCCCCCNc1cccnc1-c1ccccn1. The lowest BCUT2D eigenvalue weighted by atomic mass is 10.1. The van der Waals surface area contributed by atoms with Crippen LogP contribution in [-0.2, 0) is 0 Å². The van der Waals surface area contributed by atoms with Gasteiger partial charge in [0.15, 0.2) is 0 Å². The van der Waals surface area contributed by atoms with Crippen molar-refractivity contribution in [2.24, 2.45) is 0 Å². The predicted molar refractivity (Wildman–Crippen MR) is 98.6 cm³/mol. The average Bonchev–Trinajstić information content (AvgIpc) is 2.61. The molecule has 0 saturated carbocycles. The Morgan fingerprint density at radius 1 is 0.783 bits per heavy atom. The molecular weight excluding hydrogens is 282 g/mol. The fourth-order valence-corrected chi connectivity index (χ4v) is 2.74. The van der Waals surface area contributed by atoms with Crippen LogP contribution in [0.1, 0.15) is 58.3 Å². The Balaban J connectivity index is 1.70. The summed E-state index contributed by atoms with van der Waals surface area (Å²) in [5, 5.41) is 3.52. The van der Waals surface area contributed by atoms with Crippen LogP contribution in [0.5, 0.6) is 0 Å². The number of nitrogens with zero attached hydrogens (tertiary/aromatic N) is 2. The quantitative estimate of drug-likeness (QED) is 0.541. The van der Waals surface area contributed by atoms with E-state index < -0.39 is 0 Å². The van der Waals surface area contributed by atoms with Crippen LogP contribution in [0.25, 0.3) is 11.4 Å². The summed E-state index contributed by atoms with van der Waals surface area (Å²) in [5.41, 5.74) is 2.94. The normalized spacial score (nSPS) is 10.7. The van der Waals surface area contributed by atoms with Gasteiger partial charge in [-0.25, -0.2) is 0 Å². The smallest absolute Gasteiger partial charge is 0.112 e. The molecule has 0 bridgehead atoms. The molecule has 1 N–H and O–H groups in total. The Kier molecular flexibility index (Phi) is 8.17. The third kappa shape index (κ3) is 6.39. The molecule has 2 aromatic rings. The van der Waals surface area contributed by atoms with E-state index in [0.29, 0.717) is 0 Å². The maximum Gasteiger partial charge on any atom is 0.112 e. The van der Waals surface area contributed by atoms with E-state index in [2.05, 4.69) is 28.3 Å². The summed E-state index contributed by atoms with van der Waals surface area (Å²) < 4.78 is 0. The molecule has 124 valence electrons. The second-order valence-electron chi connectivity index (χ2n) is 6.02. The Bertz CT molecular complexity index is 540. The lowest BCUT2D eigenvalue weighted by molar-refractivity contribution is 0.581. The summed E-state index contributed by atoms with van der Waals surface area (Å²) >= 11 is 0. The van der Waals surface area contributed by atoms with Gasteiger partial charge in [0.1, 0.15) is 5.69 Å². The first-order valence-electron chi connectivity index (χ1n) is 9.02. The first kappa shape index (κ1) is 17.5. The van der Waals surface area contributed by atoms with Gasteiger partial charge in [0.05, 0.1) is 11.4 Å². The van der Waals surface area contributed by atoms with Crippen LogP contribution in [0.3, 0.4) is 0 Å². The molecule has 0 atom stereocenters. The number of pyridine rings is 2. The maximum atomic E-state index is 4.48. The summed E-state index contributed by atoms with van der Waals surface area (Å²) in [7, 11) is 0. The molecule has 0 aliphatic heterocycles. The van der Waals surface area contributed by atoms with Gasteiger partial charge in [-0.2, -0.15) is 0 Å². The molecule has 2 aromatic heterocycles. The monoisotopic (exact) mass is 311 g/mol. The van der Waals surface area contributed by atoms with Crippen LogP contribution in [0.4, 0.5) is 5.69 Å². The van der Waals surface area contributed by atoms with Gasteiger partial charge in [-0.05, 0) is 30.7 Å². The molecule has 0 aliphatic rings. The van der Waals surface area contributed by atoms with Crippen molar-refractivity contribution in [3.63, 3.8) is 0 Å². The summed E-state index contributed by atoms with van der Waals surface area (Å²) in [6.07, 6.45) is 14.4. The molecule has 0 amide bonds. The number of hydrogen-bond donors (Lipinski definition) is 1. The van der Waals surface area contributed by atoms with Gasteiger partial charge in [-0.3, -0.25) is 9.97 Å². The zero-order valence-electron chi connectivity index (χ0n) is 14.3. The van der Waals surface area contributed by atoms with Crippen LogP contribution < -0.4 is 5.32 Å². The second kappa shape index (κ2) is 10.8. The topological polar surface area (TPSA) is 37.8 Å². The van der Waals surface area contributed by atoms with E-state index in [0.717, 1.165) is 23.6 Å².